The highest BCUT2D eigenvalue weighted by Crippen LogP contribution is 2.22. The lowest BCUT2D eigenvalue weighted by molar-refractivity contribution is -0.121. The van der Waals surface area contributed by atoms with Gasteiger partial charge in [0.2, 0.25) is 0 Å². The summed E-state index contributed by atoms with van der Waals surface area (Å²) in [6, 6.07) is 0. The minimum atomic E-state index is 0.207. The number of carbonyl (C=O) groups is 1. The van der Waals surface area contributed by atoms with Gasteiger partial charge in [0.15, 0.2) is 0 Å². The number of nitrogens with one attached hydrogen (secondary N) is 1. The van der Waals surface area contributed by atoms with Crippen molar-refractivity contribution in [1.82, 2.24) is 9.97 Å². The molecule has 1 aliphatic heterocycles. The molecule has 1 aliphatic rings. The summed E-state index contributed by atoms with van der Waals surface area (Å²) in [5, 5.41) is 3.17. The maximum atomic E-state index is 11.4. The Morgan fingerprint density at radius 3 is 2.30 bits per heavy atom. The standard InChI is InChI=1S/C16H26N4O3.2C2H6/c1-13(21)14-3-6-20(7-4-14)16-12-18-15(11-19-16)17-5-8-23-10-9-22-2;2*1-2/h11-12,14H,3-10H2,1-2H3,(H,17,18);2*1-2H3. The Morgan fingerprint density at radius 2 is 1.78 bits per heavy atom. The van der Waals surface area contributed by atoms with Crippen LogP contribution in [0.3, 0.4) is 0 Å². The fraction of sp³-hybridized carbons (Fsp3) is 0.750. The summed E-state index contributed by atoms with van der Waals surface area (Å²) in [4.78, 5) is 22.4. The first-order chi connectivity index (χ1) is 13.2. The number of ether oxygens (including phenoxy) is 2. The SMILES string of the molecule is CC.CC.COCCOCCNc1cnc(N2CCC(C(C)=O)CC2)cn1. The molecular formula is C20H38N4O3. The number of aromatic nitrogens is 2. The predicted octanol–water partition coefficient (Wildman–Crippen LogP) is 3.41. The van der Waals surface area contributed by atoms with Crippen LogP contribution in [-0.4, -0.2) is 62.3 Å². The van der Waals surface area contributed by atoms with E-state index < -0.39 is 0 Å². The highest BCUT2D eigenvalue weighted by molar-refractivity contribution is 5.78. The van der Waals surface area contributed by atoms with Crippen LogP contribution >= 0.6 is 0 Å². The van der Waals surface area contributed by atoms with Crippen molar-refractivity contribution in [3.63, 3.8) is 0 Å². The molecule has 0 bridgehead atoms. The molecule has 0 saturated carbocycles. The van der Waals surface area contributed by atoms with Crippen molar-refractivity contribution < 1.29 is 14.3 Å². The van der Waals surface area contributed by atoms with E-state index in [0.717, 1.165) is 37.6 Å². The number of Topliss-reactive ketones (excluding diaryl/α,β-unsaturated/α-hetero) is 1. The number of hydrogen-bond donors (Lipinski definition) is 1. The minimum absolute atomic E-state index is 0.207. The van der Waals surface area contributed by atoms with Crippen LogP contribution in [0.2, 0.25) is 0 Å². The maximum Gasteiger partial charge on any atom is 0.147 e. The van der Waals surface area contributed by atoms with E-state index in [4.69, 9.17) is 9.47 Å². The first-order valence-electron chi connectivity index (χ1n) is 10.1. The van der Waals surface area contributed by atoms with Crippen molar-refractivity contribution in [3.05, 3.63) is 12.4 Å². The van der Waals surface area contributed by atoms with Crippen LogP contribution in [0.1, 0.15) is 47.5 Å². The van der Waals surface area contributed by atoms with Crippen LogP contribution in [-0.2, 0) is 14.3 Å². The summed E-state index contributed by atoms with van der Waals surface area (Å²) in [6.45, 7) is 13.9. The summed E-state index contributed by atoms with van der Waals surface area (Å²) in [7, 11) is 1.65. The van der Waals surface area contributed by atoms with Gasteiger partial charge in [0.05, 0.1) is 32.2 Å². The second kappa shape index (κ2) is 16.4. The Balaban J connectivity index is 0.00000158. The van der Waals surface area contributed by atoms with Gasteiger partial charge < -0.3 is 19.7 Å². The van der Waals surface area contributed by atoms with Crippen LogP contribution in [0.15, 0.2) is 12.4 Å². The number of nitrogens with zero attached hydrogens (tertiary/aromatic N) is 3. The zero-order valence-electron chi connectivity index (χ0n) is 18.0. The molecule has 27 heavy (non-hydrogen) atoms. The fourth-order valence-corrected chi connectivity index (χ4v) is 2.59. The molecule has 2 heterocycles. The number of methoxy groups -OCH3 is 1. The van der Waals surface area contributed by atoms with Gasteiger partial charge in [-0.15, -0.1) is 0 Å². The van der Waals surface area contributed by atoms with Crippen molar-refractivity contribution >= 4 is 17.4 Å². The largest absolute Gasteiger partial charge is 0.382 e. The highest BCUT2D eigenvalue weighted by Gasteiger charge is 2.23. The molecule has 0 aliphatic carbocycles. The Morgan fingerprint density at radius 1 is 1.11 bits per heavy atom. The lowest BCUT2D eigenvalue weighted by atomic mass is 9.93. The van der Waals surface area contributed by atoms with Crippen LogP contribution in [0.4, 0.5) is 11.6 Å². The average Bonchev–Trinajstić information content (AvgIpc) is 2.74. The van der Waals surface area contributed by atoms with Crippen LogP contribution in [0, 0.1) is 5.92 Å². The molecule has 1 saturated heterocycles. The molecule has 0 radical (unpaired) electrons. The highest BCUT2D eigenvalue weighted by atomic mass is 16.5. The molecule has 0 amide bonds. The predicted molar refractivity (Wildman–Crippen MR) is 112 cm³/mol. The van der Waals surface area contributed by atoms with E-state index >= 15 is 0 Å². The lowest BCUT2D eigenvalue weighted by Crippen LogP contribution is -2.36. The molecular weight excluding hydrogens is 344 g/mol. The normalized spacial score (nSPS) is 13.8. The number of hydrogen-bond acceptors (Lipinski definition) is 7. The van der Waals surface area contributed by atoms with Gasteiger partial charge in [-0.25, -0.2) is 9.97 Å². The molecule has 0 spiro atoms. The van der Waals surface area contributed by atoms with Gasteiger partial charge >= 0.3 is 0 Å². The van der Waals surface area contributed by atoms with Crippen LogP contribution in [0.25, 0.3) is 0 Å². The maximum absolute atomic E-state index is 11.4. The van der Waals surface area contributed by atoms with Gasteiger partial charge in [0, 0.05) is 32.7 Å². The zero-order valence-corrected chi connectivity index (χ0v) is 18.0. The molecule has 7 nitrogen and oxygen atoms in total. The summed E-state index contributed by atoms with van der Waals surface area (Å²) in [6.07, 6.45) is 5.31. The quantitative estimate of drug-likeness (QED) is 0.656. The van der Waals surface area contributed by atoms with E-state index in [1.54, 1.807) is 26.4 Å². The monoisotopic (exact) mass is 382 g/mol. The Labute approximate surface area is 164 Å². The molecule has 1 fully saturated rings. The number of rotatable bonds is 9. The molecule has 0 aromatic carbocycles. The smallest absolute Gasteiger partial charge is 0.147 e. The number of carbonyl (C=O) groups excluding carboxylic acids is 1. The van der Waals surface area contributed by atoms with Crippen molar-refractivity contribution in [1.29, 1.82) is 0 Å². The van der Waals surface area contributed by atoms with Crippen LogP contribution in [0.5, 0.6) is 0 Å². The summed E-state index contributed by atoms with van der Waals surface area (Å²) < 4.78 is 10.3. The second-order valence-electron chi connectivity index (χ2n) is 5.66. The topological polar surface area (TPSA) is 76.6 Å². The van der Waals surface area contributed by atoms with Crippen molar-refractivity contribution in [2.45, 2.75) is 47.5 Å². The molecule has 156 valence electrons. The van der Waals surface area contributed by atoms with Crippen molar-refractivity contribution in [2.24, 2.45) is 5.92 Å². The third-order valence-electron chi connectivity index (χ3n) is 4.02. The van der Waals surface area contributed by atoms with Crippen molar-refractivity contribution in [2.75, 3.05) is 56.8 Å². The van der Waals surface area contributed by atoms with Gasteiger partial charge in [0.25, 0.3) is 0 Å². The van der Waals surface area contributed by atoms with E-state index in [0.29, 0.717) is 32.1 Å². The summed E-state index contributed by atoms with van der Waals surface area (Å²) >= 11 is 0. The Kier molecular flexibility index (Phi) is 15.4. The number of ketones is 1. The molecule has 1 N–H and O–H groups in total. The summed E-state index contributed by atoms with van der Waals surface area (Å²) in [5.74, 6) is 2.11. The minimum Gasteiger partial charge on any atom is -0.382 e. The van der Waals surface area contributed by atoms with E-state index in [1.807, 2.05) is 27.7 Å². The number of piperidine rings is 1. The van der Waals surface area contributed by atoms with Crippen LogP contribution < -0.4 is 10.2 Å². The van der Waals surface area contributed by atoms with Gasteiger partial charge in [-0.3, -0.25) is 4.79 Å². The van der Waals surface area contributed by atoms with Gasteiger partial charge in [0.1, 0.15) is 17.4 Å². The molecule has 1 aromatic heterocycles. The zero-order chi connectivity index (χ0) is 20.5. The van der Waals surface area contributed by atoms with Gasteiger partial charge in [-0.1, -0.05) is 27.7 Å². The molecule has 7 heteroatoms. The third-order valence-corrected chi connectivity index (χ3v) is 4.02. The lowest BCUT2D eigenvalue weighted by Gasteiger charge is -2.31. The van der Waals surface area contributed by atoms with Crippen molar-refractivity contribution in [3.8, 4) is 0 Å². The van der Waals surface area contributed by atoms with E-state index in [-0.39, 0.29) is 5.92 Å². The third kappa shape index (κ3) is 10.2. The second-order valence-corrected chi connectivity index (χ2v) is 5.66. The first-order valence-corrected chi connectivity index (χ1v) is 10.1. The first kappa shape index (κ1) is 25.3. The molecule has 1 aromatic rings. The Bertz CT molecular complexity index is 475. The van der Waals surface area contributed by atoms with E-state index in [2.05, 4.69) is 20.2 Å². The molecule has 0 atom stereocenters. The summed E-state index contributed by atoms with van der Waals surface area (Å²) in [5.41, 5.74) is 0. The van der Waals surface area contributed by atoms with E-state index in [9.17, 15) is 4.79 Å². The van der Waals surface area contributed by atoms with Gasteiger partial charge in [-0.05, 0) is 19.8 Å². The van der Waals surface area contributed by atoms with Gasteiger partial charge in [-0.2, -0.15) is 0 Å². The average molecular weight is 383 g/mol. The Hall–Kier alpha value is -1.73. The van der Waals surface area contributed by atoms with E-state index in [1.165, 1.54) is 0 Å². The molecule has 2 rings (SSSR count). The molecule has 0 unspecified atom stereocenters. The number of anilines is 2. The fourth-order valence-electron chi connectivity index (χ4n) is 2.59.